The number of aromatic nitrogens is 6. The van der Waals surface area contributed by atoms with E-state index in [1.807, 2.05) is 0 Å². The van der Waals surface area contributed by atoms with Gasteiger partial charge >= 0.3 is 6.18 Å². The zero-order valence-corrected chi connectivity index (χ0v) is 15.3. The summed E-state index contributed by atoms with van der Waals surface area (Å²) in [7, 11) is 0. The van der Waals surface area contributed by atoms with Crippen LogP contribution in [0.2, 0.25) is 0 Å². The Hall–Kier alpha value is -2.47. The molecule has 0 spiro atoms. The normalized spacial score (nSPS) is 17.3. The lowest BCUT2D eigenvalue weighted by Gasteiger charge is -2.09. The van der Waals surface area contributed by atoms with Gasteiger partial charge in [0.2, 0.25) is 16.9 Å². The fourth-order valence-electron chi connectivity index (χ4n) is 2.76. The van der Waals surface area contributed by atoms with Gasteiger partial charge < -0.3 is 9.26 Å². The quantitative estimate of drug-likeness (QED) is 0.570. The summed E-state index contributed by atoms with van der Waals surface area (Å²) in [5, 5.41) is 16.1. The van der Waals surface area contributed by atoms with Gasteiger partial charge in [-0.2, -0.15) is 18.2 Å². The van der Waals surface area contributed by atoms with Crippen molar-refractivity contribution in [3.8, 4) is 11.4 Å². The molecule has 1 aromatic carbocycles. The molecule has 8 nitrogen and oxygen atoms in total. The van der Waals surface area contributed by atoms with Gasteiger partial charge in [0.15, 0.2) is 0 Å². The van der Waals surface area contributed by atoms with E-state index >= 15 is 0 Å². The first kappa shape index (κ1) is 18.9. The van der Waals surface area contributed by atoms with Gasteiger partial charge in [0.25, 0.3) is 0 Å². The number of hydrogen-bond donors (Lipinski definition) is 0. The Morgan fingerprint density at radius 2 is 2.04 bits per heavy atom. The van der Waals surface area contributed by atoms with Crippen molar-refractivity contribution in [2.45, 2.75) is 42.6 Å². The molecule has 3 heterocycles. The highest BCUT2D eigenvalue weighted by molar-refractivity contribution is 7.98. The Bertz CT molecular complexity index is 921. The monoisotopic (exact) mass is 412 g/mol. The molecule has 4 rings (SSSR count). The summed E-state index contributed by atoms with van der Waals surface area (Å²) in [5.74, 6) is 0.884. The van der Waals surface area contributed by atoms with Gasteiger partial charge in [0.05, 0.1) is 24.0 Å². The van der Waals surface area contributed by atoms with E-state index in [-0.39, 0.29) is 11.9 Å². The predicted molar refractivity (Wildman–Crippen MR) is 91.1 cm³/mol. The molecule has 1 saturated heterocycles. The first-order valence-electron chi connectivity index (χ1n) is 8.50. The van der Waals surface area contributed by atoms with Gasteiger partial charge in [0.1, 0.15) is 0 Å². The smallest absolute Gasteiger partial charge is 0.376 e. The molecule has 0 bridgehead atoms. The second kappa shape index (κ2) is 7.87. The number of nitrogens with zero attached hydrogens (tertiary/aromatic N) is 6. The third-order valence-corrected chi connectivity index (χ3v) is 5.10. The number of hydrogen-bond acceptors (Lipinski definition) is 8. The molecule has 148 valence electrons. The Labute approximate surface area is 161 Å². The molecule has 0 saturated carbocycles. The summed E-state index contributed by atoms with van der Waals surface area (Å²) < 4.78 is 50.4. The molecule has 0 radical (unpaired) electrons. The molecule has 0 amide bonds. The number of rotatable bonds is 6. The molecular weight excluding hydrogens is 397 g/mol. The van der Waals surface area contributed by atoms with Crippen LogP contribution in [0.1, 0.15) is 24.3 Å². The van der Waals surface area contributed by atoms with Crippen LogP contribution in [0, 0.1) is 0 Å². The number of tetrazole rings is 1. The molecule has 1 unspecified atom stereocenters. The Morgan fingerprint density at radius 1 is 1.21 bits per heavy atom. The van der Waals surface area contributed by atoms with Gasteiger partial charge in [-0.25, -0.2) is 4.68 Å². The molecule has 1 atom stereocenters. The average molecular weight is 412 g/mol. The minimum Gasteiger partial charge on any atom is -0.376 e. The molecule has 0 aliphatic carbocycles. The van der Waals surface area contributed by atoms with E-state index in [2.05, 4.69) is 25.7 Å². The number of ether oxygens (including phenoxy) is 1. The van der Waals surface area contributed by atoms with E-state index in [1.165, 1.54) is 23.9 Å². The zero-order chi connectivity index (χ0) is 19.6. The number of benzene rings is 1. The van der Waals surface area contributed by atoms with Crippen molar-refractivity contribution in [3.63, 3.8) is 0 Å². The fourth-order valence-corrected chi connectivity index (χ4v) is 3.49. The fraction of sp³-hybridized carbons (Fsp3) is 0.438. The van der Waals surface area contributed by atoms with Crippen LogP contribution in [0.25, 0.3) is 11.4 Å². The number of alkyl halides is 3. The molecule has 3 aromatic rings. The van der Waals surface area contributed by atoms with Crippen molar-refractivity contribution in [3.05, 3.63) is 35.7 Å². The van der Waals surface area contributed by atoms with E-state index in [0.717, 1.165) is 31.6 Å². The lowest BCUT2D eigenvalue weighted by Crippen LogP contribution is -2.16. The van der Waals surface area contributed by atoms with Gasteiger partial charge in [-0.15, -0.1) is 5.10 Å². The predicted octanol–water partition coefficient (Wildman–Crippen LogP) is 3.21. The van der Waals surface area contributed by atoms with Crippen LogP contribution >= 0.6 is 11.8 Å². The highest BCUT2D eigenvalue weighted by Crippen LogP contribution is 2.30. The SMILES string of the molecule is FC(F)(F)c1ccc(-c2noc(CSc3nnnn3CC3CCCO3)n2)cc1. The Kier molecular flexibility index (Phi) is 5.31. The van der Waals surface area contributed by atoms with Crippen molar-refractivity contribution in [2.75, 3.05) is 6.61 Å². The highest BCUT2D eigenvalue weighted by atomic mass is 32.2. The van der Waals surface area contributed by atoms with Gasteiger partial charge in [-0.1, -0.05) is 29.1 Å². The number of thioether (sulfide) groups is 1. The first-order valence-corrected chi connectivity index (χ1v) is 9.48. The maximum Gasteiger partial charge on any atom is 0.416 e. The largest absolute Gasteiger partial charge is 0.416 e. The van der Waals surface area contributed by atoms with E-state index in [0.29, 0.717) is 28.9 Å². The van der Waals surface area contributed by atoms with E-state index in [1.54, 1.807) is 4.68 Å². The lowest BCUT2D eigenvalue weighted by atomic mass is 10.1. The van der Waals surface area contributed by atoms with Crippen LogP contribution in [-0.2, 0) is 23.2 Å². The lowest BCUT2D eigenvalue weighted by molar-refractivity contribution is -0.137. The minimum atomic E-state index is -4.38. The Morgan fingerprint density at radius 3 is 2.75 bits per heavy atom. The third-order valence-electron chi connectivity index (χ3n) is 4.16. The standard InChI is InChI=1S/C16H15F3N6O2S/c17-16(18,19)11-5-3-10(4-6-11)14-20-13(27-22-14)9-28-15-21-23-24-25(15)8-12-2-1-7-26-12/h3-6,12H,1-2,7-9H2. The third kappa shape index (κ3) is 4.33. The van der Waals surface area contributed by atoms with Crippen molar-refractivity contribution >= 4 is 11.8 Å². The zero-order valence-electron chi connectivity index (χ0n) is 14.5. The topological polar surface area (TPSA) is 91.8 Å². The van der Waals surface area contributed by atoms with Crippen LogP contribution in [0.5, 0.6) is 0 Å². The van der Waals surface area contributed by atoms with Crippen molar-refractivity contribution in [2.24, 2.45) is 0 Å². The molecule has 12 heteroatoms. The summed E-state index contributed by atoms with van der Waals surface area (Å²) >= 11 is 1.33. The maximum absolute atomic E-state index is 12.6. The second-order valence-electron chi connectivity index (χ2n) is 6.15. The molecule has 1 aliphatic heterocycles. The summed E-state index contributed by atoms with van der Waals surface area (Å²) in [6, 6.07) is 4.60. The summed E-state index contributed by atoms with van der Waals surface area (Å²) in [5.41, 5.74) is -0.287. The van der Waals surface area contributed by atoms with E-state index in [4.69, 9.17) is 9.26 Å². The summed E-state index contributed by atoms with van der Waals surface area (Å²) in [4.78, 5) is 4.22. The van der Waals surface area contributed by atoms with Crippen molar-refractivity contribution < 1.29 is 22.4 Å². The van der Waals surface area contributed by atoms with Gasteiger partial charge in [-0.05, 0) is 35.4 Å². The maximum atomic E-state index is 12.6. The van der Waals surface area contributed by atoms with Gasteiger partial charge in [-0.3, -0.25) is 0 Å². The molecule has 1 aliphatic rings. The molecule has 2 aromatic heterocycles. The first-order chi connectivity index (χ1) is 13.5. The van der Waals surface area contributed by atoms with Crippen LogP contribution in [0.3, 0.4) is 0 Å². The average Bonchev–Trinajstić information content (AvgIpc) is 3.42. The summed E-state index contributed by atoms with van der Waals surface area (Å²) in [6.45, 7) is 1.33. The van der Waals surface area contributed by atoms with Crippen molar-refractivity contribution in [1.29, 1.82) is 0 Å². The van der Waals surface area contributed by atoms with Crippen LogP contribution in [-0.4, -0.2) is 43.1 Å². The second-order valence-corrected chi connectivity index (χ2v) is 7.10. The summed E-state index contributed by atoms with van der Waals surface area (Å²) in [6.07, 6.45) is -2.27. The van der Waals surface area contributed by atoms with Crippen LogP contribution < -0.4 is 0 Å². The minimum absolute atomic E-state index is 0.109. The Balaban J connectivity index is 1.38. The van der Waals surface area contributed by atoms with Crippen LogP contribution in [0.15, 0.2) is 33.9 Å². The van der Waals surface area contributed by atoms with Crippen LogP contribution in [0.4, 0.5) is 13.2 Å². The number of halogens is 3. The molecular formula is C16H15F3N6O2S. The molecule has 0 N–H and O–H groups in total. The van der Waals surface area contributed by atoms with E-state index in [9.17, 15) is 13.2 Å². The van der Waals surface area contributed by atoms with Gasteiger partial charge in [0, 0.05) is 12.2 Å². The highest BCUT2D eigenvalue weighted by Gasteiger charge is 2.30. The molecule has 1 fully saturated rings. The van der Waals surface area contributed by atoms with E-state index < -0.39 is 11.7 Å². The van der Waals surface area contributed by atoms with Crippen molar-refractivity contribution in [1.82, 2.24) is 30.3 Å². The molecule has 28 heavy (non-hydrogen) atoms.